The van der Waals surface area contributed by atoms with Gasteiger partial charge in [0.2, 0.25) is 5.91 Å². The number of aromatic carboxylic acids is 1. The van der Waals surface area contributed by atoms with Gasteiger partial charge in [-0.15, -0.1) is 0 Å². The number of carboxylic acids is 1. The van der Waals surface area contributed by atoms with Crippen LogP contribution in [0.1, 0.15) is 49.4 Å². The van der Waals surface area contributed by atoms with Gasteiger partial charge in [0.25, 0.3) is 0 Å². The smallest absolute Gasteiger partial charge is 0.435 e. The summed E-state index contributed by atoms with van der Waals surface area (Å²) in [5.74, 6) is -3.93. The van der Waals surface area contributed by atoms with Crippen LogP contribution in [0, 0.1) is 5.92 Å². The zero-order valence-electron chi connectivity index (χ0n) is 17.3. The number of hydrogen-bond acceptors (Lipinski definition) is 5. The molecule has 11 heteroatoms. The summed E-state index contributed by atoms with van der Waals surface area (Å²) in [5, 5.41) is 15.1. The Morgan fingerprint density at radius 2 is 1.84 bits per heavy atom. The molecule has 31 heavy (non-hydrogen) atoms. The van der Waals surface area contributed by atoms with Crippen molar-refractivity contribution in [2.24, 2.45) is 5.92 Å². The van der Waals surface area contributed by atoms with E-state index in [0.29, 0.717) is 16.3 Å². The van der Waals surface area contributed by atoms with Crippen molar-refractivity contribution in [3.63, 3.8) is 0 Å². The van der Waals surface area contributed by atoms with Crippen molar-refractivity contribution in [2.75, 3.05) is 0 Å². The van der Waals surface area contributed by atoms with Crippen molar-refractivity contribution in [1.29, 1.82) is 0 Å². The minimum absolute atomic E-state index is 0.0460. The van der Waals surface area contributed by atoms with Gasteiger partial charge in [0.15, 0.2) is 11.4 Å². The molecule has 1 atom stereocenters. The maximum atomic E-state index is 12.9. The SMILES string of the molecule is C[C@@H](C(=O)NCc1cccc(-n2nc(C(F)(F)F)cc2C(=O)O)c1)C(=O)OC(C)(C)C. The molecule has 8 nitrogen and oxygen atoms in total. The number of amides is 1. The van der Waals surface area contributed by atoms with E-state index in [1.54, 1.807) is 26.8 Å². The normalized spacial score (nSPS) is 12.9. The highest BCUT2D eigenvalue weighted by Crippen LogP contribution is 2.29. The van der Waals surface area contributed by atoms with Gasteiger partial charge in [-0.05, 0) is 45.4 Å². The van der Waals surface area contributed by atoms with Crippen LogP contribution in [-0.2, 0) is 27.0 Å². The number of aromatic nitrogens is 2. The van der Waals surface area contributed by atoms with Crippen molar-refractivity contribution in [2.45, 2.75) is 46.0 Å². The third-order valence-electron chi connectivity index (χ3n) is 3.99. The van der Waals surface area contributed by atoms with Crippen LogP contribution in [0.4, 0.5) is 13.2 Å². The van der Waals surface area contributed by atoms with E-state index in [-0.39, 0.29) is 12.2 Å². The van der Waals surface area contributed by atoms with E-state index in [1.165, 1.54) is 25.1 Å². The molecular formula is C20H22F3N3O5. The Kier molecular flexibility index (Phi) is 6.77. The Morgan fingerprint density at radius 3 is 2.39 bits per heavy atom. The minimum Gasteiger partial charge on any atom is -0.477 e. The average Bonchev–Trinajstić information content (AvgIpc) is 3.10. The van der Waals surface area contributed by atoms with Crippen molar-refractivity contribution in [3.05, 3.63) is 47.3 Å². The lowest BCUT2D eigenvalue weighted by atomic mass is 10.1. The number of halogens is 3. The first-order valence-electron chi connectivity index (χ1n) is 9.19. The van der Waals surface area contributed by atoms with Crippen molar-refractivity contribution < 1.29 is 37.4 Å². The molecule has 2 aromatic rings. The third-order valence-corrected chi connectivity index (χ3v) is 3.99. The Morgan fingerprint density at radius 1 is 1.19 bits per heavy atom. The van der Waals surface area contributed by atoms with E-state index in [1.807, 2.05) is 0 Å². The zero-order chi connectivity index (χ0) is 23.6. The topological polar surface area (TPSA) is 111 Å². The lowest BCUT2D eigenvalue weighted by molar-refractivity contribution is -0.161. The van der Waals surface area contributed by atoms with E-state index < -0.39 is 46.9 Å². The van der Waals surface area contributed by atoms with Crippen LogP contribution in [0.15, 0.2) is 30.3 Å². The van der Waals surface area contributed by atoms with Crippen LogP contribution in [0.2, 0.25) is 0 Å². The molecule has 0 fully saturated rings. The number of rotatable bonds is 6. The highest BCUT2D eigenvalue weighted by molar-refractivity contribution is 5.97. The largest absolute Gasteiger partial charge is 0.477 e. The molecule has 0 saturated carbocycles. The molecule has 1 aromatic heterocycles. The minimum atomic E-state index is -4.81. The van der Waals surface area contributed by atoms with Gasteiger partial charge in [-0.1, -0.05) is 12.1 Å². The molecule has 0 aliphatic rings. The average molecular weight is 441 g/mol. The van der Waals surface area contributed by atoms with Gasteiger partial charge in [0.1, 0.15) is 11.5 Å². The number of esters is 1. The second-order valence-corrected chi connectivity index (χ2v) is 7.77. The number of carbonyl (C=O) groups excluding carboxylic acids is 2. The fourth-order valence-electron chi connectivity index (χ4n) is 2.51. The van der Waals surface area contributed by atoms with Gasteiger partial charge in [-0.2, -0.15) is 18.3 Å². The highest BCUT2D eigenvalue weighted by Gasteiger charge is 2.36. The predicted octanol–water partition coefficient (Wildman–Crippen LogP) is 3.18. The number of carbonyl (C=O) groups is 3. The number of alkyl halides is 3. The number of benzene rings is 1. The van der Waals surface area contributed by atoms with Crippen molar-refractivity contribution in [1.82, 2.24) is 15.1 Å². The molecule has 0 bridgehead atoms. The second kappa shape index (κ2) is 8.78. The molecule has 0 aliphatic carbocycles. The van der Waals surface area contributed by atoms with Gasteiger partial charge < -0.3 is 15.2 Å². The van der Waals surface area contributed by atoms with Crippen LogP contribution in [0.25, 0.3) is 5.69 Å². The molecule has 0 saturated heterocycles. The molecule has 2 rings (SSSR count). The van der Waals surface area contributed by atoms with E-state index >= 15 is 0 Å². The molecule has 1 amide bonds. The Hall–Kier alpha value is -3.37. The molecule has 0 unspecified atom stereocenters. The Balaban J connectivity index is 2.18. The maximum absolute atomic E-state index is 12.9. The van der Waals surface area contributed by atoms with Crippen LogP contribution in [0.5, 0.6) is 0 Å². The number of ether oxygens (including phenoxy) is 1. The fourth-order valence-corrected chi connectivity index (χ4v) is 2.51. The molecule has 168 valence electrons. The van der Waals surface area contributed by atoms with Gasteiger partial charge in [-0.3, -0.25) is 9.59 Å². The van der Waals surface area contributed by atoms with Crippen molar-refractivity contribution in [3.8, 4) is 5.69 Å². The Labute approximate surface area is 176 Å². The second-order valence-electron chi connectivity index (χ2n) is 7.77. The summed E-state index contributed by atoms with van der Waals surface area (Å²) in [6.45, 7) is 6.36. The van der Waals surface area contributed by atoms with Crippen LogP contribution >= 0.6 is 0 Å². The van der Waals surface area contributed by atoms with Crippen molar-refractivity contribution >= 4 is 17.8 Å². The molecule has 1 aromatic carbocycles. The first kappa shape index (κ1) is 23.9. The van der Waals surface area contributed by atoms with Crippen LogP contribution < -0.4 is 5.32 Å². The van der Waals surface area contributed by atoms with E-state index in [9.17, 15) is 32.7 Å². The lowest BCUT2D eigenvalue weighted by Gasteiger charge is -2.22. The van der Waals surface area contributed by atoms with Gasteiger partial charge in [-0.25, -0.2) is 9.48 Å². The third kappa shape index (κ3) is 6.30. The standard InChI is InChI=1S/C20H22F3N3O5/c1-11(18(30)31-19(2,3)4)16(27)24-10-12-6-5-7-13(8-12)26-14(17(28)29)9-15(25-26)20(21,22)23/h5-9,11H,10H2,1-4H3,(H,24,27)(H,28,29)/t11-/m0/s1. The molecule has 0 radical (unpaired) electrons. The van der Waals surface area contributed by atoms with Crippen LogP contribution in [0.3, 0.4) is 0 Å². The lowest BCUT2D eigenvalue weighted by Crippen LogP contribution is -2.37. The summed E-state index contributed by atoms with van der Waals surface area (Å²) in [6.07, 6.45) is -4.81. The maximum Gasteiger partial charge on any atom is 0.435 e. The van der Waals surface area contributed by atoms with Gasteiger partial charge in [0, 0.05) is 12.6 Å². The summed E-state index contributed by atoms with van der Waals surface area (Å²) >= 11 is 0. The van der Waals surface area contributed by atoms with Gasteiger partial charge >= 0.3 is 18.1 Å². The summed E-state index contributed by atoms with van der Waals surface area (Å²) < 4.78 is 44.6. The number of carboxylic acid groups (broad SMARTS) is 1. The van der Waals surface area contributed by atoms with E-state index in [4.69, 9.17) is 4.74 Å². The first-order chi connectivity index (χ1) is 14.2. The molecule has 2 N–H and O–H groups in total. The highest BCUT2D eigenvalue weighted by atomic mass is 19.4. The molecule has 0 aliphatic heterocycles. The molecule has 1 heterocycles. The summed E-state index contributed by atoms with van der Waals surface area (Å²) in [4.78, 5) is 35.6. The Bertz CT molecular complexity index is 993. The fraction of sp³-hybridized carbons (Fsp3) is 0.400. The van der Waals surface area contributed by atoms with E-state index in [0.717, 1.165) is 0 Å². The summed E-state index contributed by atoms with van der Waals surface area (Å²) in [7, 11) is 0. The predicted molar refractivity (Wildman–Crippen MR) is 102 cm³/mol. The number of hydrogen-bond donors (Lipinski definition) is 2. The summed E-state index contributed by atoms with van der Waals surface area (Å²) in [6, 6.07) is 6.27. The van der Waals surface area contributed by atoms with Gasteiger partial charge in [0.05, 0.1) is 5.69 Å². The van der Waals surface area contributed by atoms with E-state index in [2.05, 4.69) is 10.4 Å². The first-order valence-corrected chi connectivity index (χ1v) is 9.19. The zero-order valence-corrected chi connectivity index (χ0v) is 17.3. The molecular weight excluding hydrogens is 419 g/mol. The quantitative estimate of drug-likeness (QED) is 0.526. The van der Waals surface area contributed by atoms with Crippen LogP contribution in [-0.4, -0.2) is 38.3 Å². The molecule has 0 spiro atoms. The number of nitrogens with zero attached hydrogens (tertiary/aromatic N) is 2. The number of nitrogens with one attached hydrogen (secondary N) is 1. The summed E-state index contributed by atoms with van der Waals surface area (Å²) in [5.41, 5.74) is -2.22. The monoisotopic (exact) mass is 441 g/mol.